The number of hydrogen-bond acceptors (Lipinski definition) is 4. The van der Waals surface area contributed by atoms with Gasteiger partial charge < -0.3 is 10.1 Å². The summed E-state index contributed by atoms with van der Waals surface area (Å²) in [5.74, 6) is 1.56. The van der Waals surface area contributed by atoms with Gasteiger partial charge in [0.1, 0.15) is 6.10 Å². The lowest BCUT2D eigenvalue weighted by Crippen LogP contribution is -2.26. The summed E-state index contributed by atoms with van der Waals surface area (Å²) < 4.78 is 5.40. The highest BCUT2D eigenvalue weighted by molar-refractivity contribution is 5.22. The van der Waals surface area contributed by atoms with Gasteiger partial charge in [-0.25, -0.2) is 9.97 Å². The molecule has 0 radical (unpaired) electrons. The molecule has 1 aliphatic carbocycles. The molecule has 0 fully saturated rings. The second kappa shape index (κ2) is 6.25. The summed E-state index contributed by atoms with van der Waals surface area (Å²) >= 11 is 0. The van der Waals surface area contributed by atoms with Gasteiger partial charge in [0.25, 0.3) is 0 Å². The highest BCUT2D eigenvalue weighted by atomic mass is 16.5. The molecule has 2 unspecified atom stereocenters. The standard InChI is InChI=1S/C14H23N3O/c1-4-13(18-3)14-16-9-11-7-10(8-15-2)5-6-12(11)17-14/h9-10,13,15H,4-8H2,1-3H3. The fourth-order valence-corrected chi connectivity index (χ4v) is 2.67. The van der Waals surface area contributed by atoms with Crippen molar-refractivity contribution < 1.29 is 4.74 Å². The molecule has 0 saturated carbocycles. The van der Waals surface area contributed by atoms with Gasteiger partial charge in [0.15, 0.2) is 5.82 Å². The van der Waals surface area contributed by atoms with E-state index in [0.29, 0.717) is 0 Å². The number of nitrogens with zero attached hydrogens (tertiary/aromatic N) is 2. The lowest BCUT2D eigenvalue weighted by atomic mass is 9.87. The Bertz CT molecular complexity index is 391. The molecule has 1 heterocycles. The lowest BCUT2D eigenvalue weighted by molar-refractivity contribution is 0.0922. The molecule has 2 atom stereocenters. The predicted octanol–water partition coefficient (Wildman–Crippen LogP) is 1.90. The van der Waals surface area contributed by atoms with Crippen LogP contribution in [0.15, 0.2) is 6.20 Å². The Morgan fingerprint density at radius 3 is 3.06 bits per heavy atom. The summed E-state index contributed by atoms with van der Waals surface area (Å²) in [6, 6.07) is 0. The second-order valence-electron chi connectivity index (χ2n) is 5.00. The average Bonchev–Trinajstić information content (AvgIpc) is 2.40. The maximum absolute atomic E-state index is 5.40. The van der Waals surface area contributed by atoms with Crippen LogP contribution >= 0.6 is 0 Å². The first-order chi connectivity index (χ1) is 8.78. The van der Waals surface area contributed by atoms with Crippen molar-refractivity contribution in [2.45, 2.75) is 38.7 Å². The number of fused-ring (bicyclic) bond motifs is 1. The van der Waals surface area contributed by atoms with Gasteiger partial charge in [0.2, 0.25) is 0 Å². The third kappa shape index (κ3) is 2.87. The van der Waals surface area contributed by atoms with Gasteiger partial charge in [0, 0.05) is 19.0 Å². The lowest BCUT2D eigenvalue weighted by Gasteiger charge is -2.24. The molecule has 1 aromatic rings. The first-order valence-electron chi connectivity index (χ1n) is 6.80. The quantitative estimate of drug-likeness (QED) is 0.866. The van der Waals surface area contributed by atoms with E-state index in [1.165, 1.54) is 17.7 Å². The fraction of sp³-hybridized carbons (Fsp3) is 0.714. The molecule has 0 bridgehead atoms. The van der Waals surface area contributed by atoms with Crippen molar-refractivity contribution in [2.75, 3.05) is 20.7 Å². The Labute approximate surface area is 109 Å². The highest BCUT2D eigenvalue weighted by Crippen LogP contribution is 2.25. The third-order valence-corrected chi connectivity index (χ3v) is 3.71. The van der Waals surface area contributed by atoms with Crippen molar-refractivity contribution in [3.8, 4) is 0 Å². The number of ether oxygens (including phenoxy) is 1. The van der Waals surface area contributed by atoms with Gasteiger partial charge in [0.05, 0.1) is 0 Å². The van der Waals surface area contributed by atoms with Crippen molar-refractivity contribution in [3.63, 3.8) is 0 Å². The molecular formula is C14H23N3O. The van der Waals surface area contributed by atoms with E-state index in [0.717, 1.165) is 37.5 Å². The Morgan fingerprint density at radius 1 is 1.56 bits per heavy atom. The van der Waals surface area contributed by atoms with Crippen molar-refractivity contribution >= 4 is 0 Å². The van der Waals surface area contributed by atoms with Crippen LogP contribution in [0, 0.1) is 5.92 Å². The molecule has 0 saturated heterocycles. The first kappa shape index (κ1) is 13.4. The maximum atomic E-state index is 5.40. The zero-order chi connectivity index (χ0) is 13.0. The monoisotopic (exact) mass is 249 g/mol. The van der Waals surface area contributed by atoms with E-state index in [1.54, 1.807) is 7.11 Å². The molecule has 4 heteroatoms. The molecule has 0 amide bonds. The zero-order valence-electron chi connectivity index (χ0n) is 11.6. The van der Waals surface area contributed by atoms with Crippen LogP contribution in [0.5, 0.6) is 0 Å². The Hall–Kier alpha value is -1.00. The van der Waals surface area contributed by atoms with Gasteiger partial charge in [-0.3, -0.25) is 0 Å². The number of aryl methyl sites for hydroxylation is 1. The first-order valence-corrected chi connectivity index (χ1v) is 6.80. The smallest absolute Gasteiger partial charge is 0.157 e. The van der Waals surface area contributed by atoms with Crippen molar-refractivity contribution in [1.29, 1.82) is 0 Å². The maximum Gasteiger partial charge on any atom is 0.157 e. The van der Waals surface area contributed by atoms with E-state index < -0.39 is 0 Å². The summed E-state index contributed by atoms with van der Waals surface area (Å²) in [5, 5.41) is 3.26. The van der Waals surface area contributed by atoms with E-state index in [1.807, 2.05) is 13.2 Å². The topological polar surface area (TPSA) is 47.0 Å². The molecule has 1 N–H and O–H groups in total. The third-order valence-electron chi connectivity index (χ3n) is 3.71. The molecule has 4 nitrogen and oxygen atoms in total. The van der Waals surface area contributed by atoms with Crippen LogP contribution < -0.4 is 5.32 Å². The van der Waals surface area contributed by atoms with Gasteiger partial charge in [-0.1, -0.05) is 6.92 Å². The van der Waals surface area contributed by atoms with Crippen LogP contribution in [-0.4, -0.2) is 30.7 Å². The van der Waals surface area contributed by atoms with E-state index in [2.05, 4.69) is 17.2 Å². The van der Waals surface area contributed by atoms with E-state index >= 15 is 0 Å². The van der Waals surface area contributed by atoms with Crippen LogP contribution in [0.4, 0.5) is 0 Å². The minimum Gasteiger partial charge on any atom is -0.373 e. The van der Waals surface area contributed by atoms with Gasteiger partial charge in [-0.15, -0.1) is 0 Å². The Kier molecular flexibility index (Phi) is 4.66. The van der Waals surface area contributed by atoms with Crippen molar-refractivity contribution in [2.24, 2.45) is 5.92 Å². The zero-order valence-corrected chi connectivity index (χ0v) is 11.6. The summed E-state index contributed by atoms with van der Waals surface area (Å²) in [7, 11) is 3.74. The molecule has 18 heavy (non-hydrogen) atoms. The summed E-state index contributed by atoms with van der Waals surface area (Å²) in [6.07, 6.45) is 6.33. The molecule has 2 rings (SSSR count). The minimum absolute atomic E-state index is 0.0327. The van der Waals surface area contributed by atoms with Crippen LogP contribution in [0.3, 0.4) is 0 Å². The van der Waals surface area contributed by atoms with Gasteiger partial charge >= 0.3 is 0 Å². The molecule has 0 aliphatic heterocycles. The molecule has 100 valence electrons. The minimum atomic E-state index is 0.0327. The number of nitrogens with one attached hydrogen (secondary N) is 1. The number of hydrogen-bond donors (Lipinski definition) is 1. The molecule has 1 aliphatic rings. The summed E-state index contributed by atoms with van der Waals surface area (Å²) in [4.78, 5) is 9.17. The van der Waals surface area contributed by atoms with Crippen molar-refractivity contribution in [1.82, 2.24) is 15.3 Å². The molecule has 0 spiro atoms. The van der Waals surface area contributed by atoms with Crippen molar-refractivity contribution in [3.05, 3.63) is 23.3 Å². The van der Waals surface area contributed by atoms with Crippen LogP contribution in [0.1, 0.15) is 43.0 Å². The summed E-state index contributed by atoms with van der Waals surface area (Å²) in [5.41, 5.74) is 2.54. The molecular weight excluding hydrogens is 226 g/mol. The SMILES string of the molecule is CCC(OC)c1ncc2c(n1)CCC(CNC)C2. The van der Waals surface area contributed by atoms with E-state index in [4.69, 9.17) is 9.72 Å². The summed E-state index contributed by atoms with van der Waals surface area (Å²) in [6.45, 7) is 3.18. The number of rotatable bonds is 5. The average molecular weight is 249 g/mol. The Morgan fingerprint density at radius 2 is 2.39 bits per heavy atom. The normalized spacial score (nSPS) is 20.5. The highest BCUT2D eigenvalue weighted by Gasteiger charge is 2.21. The second-order valence-corrected chi connectivity index (χ2v) is 5.00. The largest absolute Gasteiger partial charge is 0.373 e. The van der Waals surface area contributed by atoms with E-state index in [9.17, 15) is 0 Å². The molecule has 0 aromatic carbocycles. The van der Waals surface area contributed by atoms with Crippen LogP contribution in [0.2, 0.25) is 0 Å². The fourth-order valence-electron chi connectivity index (χ4n) is 2.67. The Balaban J connectivity index is 2.14. The van der Waals surface area contributed by atoms with Gasteiger partial charge in [-0.2, -0.15) is 0 Å². The predicted molar refractivity (Wildman–Crippen MR) is 71.5 cm³/mol. The van der Waals surface area contributed by atoms with Gasteiger partial charge in [-0.05, 0) is 50.8 Å². The van der Waals surface area contributed by atoms with Crippen LogP contribution in [0.25, 0.3) is 0 Å². The molecule has 1 aromatic heterocycles. The number of methoxy groups -OCH3 is 1. The van der Waals surface area contributed by atoms with Crippen LogP contribution in [-0.2, 0) is 17.6 Å². The van der Waals surface area contributed by atoms with E-state index in [-0.39, 0.29) is 6.10 Å². The number of aromatic nitrogens is 2.